The first-order valence-corrected chi connectivity index (χ1v) is 10.3. The molecule has 0 amide bonds. The highest BCUT2D eigenvalue weighted by Gasteiger charge is 2.56. The van der Waals surface area contributed by atoms with Gasteiger partial charge in [0.15, 0.2) is 5.78 Å². The first kappa shape index (κ1) is 23.9. The van der Waals surface area contributed by atoms with Gasteiger partial charge < -0.3 is 19.5 Å². The van der Waals surface area contributed by atoms with E-state index in [2.05, 4.69) is 0 Å². The van der Waals surface area contributed by atoms with Crippen LogP contribution in [0.5, 0.6) is 0 Å². The molecule has 0 bridgehead atoms. The van der Waals surface area contributed by atoms with Crippen molar-refractivity contribution in [1.82, 2.24) is 0 Å². The zero-order chi connectivity index (χ0) is 22.8. The normalized spacial score (nSPS) is 26.6. The summed E-state index contributed by atoms with van der Waals surface area (Å²) in [7, 11) is 3.81. The Morgan fingerprint density at radius 3 is 2.00 bits per heavy atom. The molecule has 1 N–H and O–H groups in total. The lowest BCUT2D eigenvalue weighted by Gasteiger charge is -2.42. The molecular formula is C23H33NO6. The highest BCUT2D eigenvalue weighted by atomic mass is 16.5. The quantitative estimate of drug-likeness (QED) is 0.560. The van der Waals surface area contributed by atoms with E-state index in [1.54, 1.807) is 39.8 Å². The Balaban J connectivity index is 2.58. The number of benzene rings is 1. The van der Waals surface area contributed by atoms with Gasteiger partial charge in [-0.2, -0.15) is 0 Å². The minimum Gasteiger partial charge on any atom is -0.463 e. The Hall–Kier alpha value is -2.41. The molecule has 1 aromatic carbocycles. The van der Waals surface area contributed by atoms with Crippen molar-refractivity contribution in [3.8, 4) is 0 Å². The van der Waals surface area contributed by atoms with E-state index in [0.29, 0.717) is 5.56 Å². The van der Waals surface area contributed by atoms with E-state index in [1.807, 2.05) is 31.1 Å². The zero-order valence-corrected chi connectivity index (χ0v) is 18.8. The lowest BCUT2D eigenvalue weighted by molar-refractivity contribution is -0.173. The van der Waals surface area contributed by atoms with Gasteiger partial charge in [-0.05, 0) is 58.7 Å². The van der Waals surface area contributed by atoms with Crippen LogP contribution in [0.1, 0.15) is 52.5 Å². The van der Waals surface area contributed by atoms with Crippen molar-refractivity contribution in [2.45, 2.75) is 64.8 Å². The Labute approximate surface area is 178 Å². The summed E-state index contributed by atoms with van der Waals surface area (Å²) in [6, 6.07) is 7.34. The third kappa shape index (κ3) is 5.19. The third-order valence-corrected chi connectivity index (χ3v) is 5.28. The second kappa shape index (κ2) is 9.16. The van der Waals surface area contributed by atoms with E-state index in [-0.39, 0.29) is 12.5 Å². The predicted molar refractivity (Wildman–Crippen MR) is 113 cm³/mol. The van der Waals surface area contributed by atoms with Crippen LogP contribution < -0.4 is 4.90 Å². The van der Waals surface area contributed by atoms with E-state index in [4.69, 9.17) is 9.47 Å². The van der Waals surface area contributed by atoms with Crippen molar-refractivity contribution in [3.05, 3.63) is 29.8 Å². The number of hydrogen-bond acceptors (Lipinski definition) is 7. The van der Waals surface area contributed by atoms with Crippen LogP contribution in [0.2, 0.25) is 0 Å². The summed E-state index contributed by atoms with van der Waals surface area (Å²) in [6.07, 6.45) is -0.920. The lowest BCUT2D eigenvalue weighted by Crippen LogP contribution is -2.55. The topological polar surface area (TPSA) is 93.1 Å². The van der Waals surface area contributed by atoms with Gasteiger partial charge in [0, 0.05) is 25.7 Å². The maximum atomic E-state index is 13.1. The average Bonchev–Trinajstić information content (AvgIpc) is 2.62. The maximum absolute atomic E-state index is 13.1. The first-order chi connectivity index (χ1) is 13.8. The zero-order valence-electron chi connectivity index (χ0n) is 18.8. The molecule has 7 nitrogen and oxygen atoms in total. The summed E-state index contributed by atoms with van der Waals surface area (Å²) < 4.78 is 10.8. The molecule has 0 unspecified atom stereocenters. The number of aliphatic hydroxyl groups is 1. The summed E-state index contributed by atoms with van der Waals surface area (Å²) in [4.78, 5) is 40.9. The van der Waals surface area contributed by atoms with Crippen molar-refractivity contribution >= 4 is 23.4 Å². The molecule has 7 heteroatoms. The molecule has 0 spiro atoms. The molecule has 0 aromatic heterocycles. The summed E-state index contributed by atoms with van der Waals surface area (Å²) in [5, 5.41) is 10.8. The fourth-order valence-corrected chi connectivity index (χ4v) is 3.91. The van der Waals surface area contributed by atoms with Crippen LogP contribution in [0.4, 0.5) is 5.69 Å². The van der Waals surface area contributed by atoms with Crippen molar-refractivity contribution in [3.63, 3.8) is 0 Å². The van der Waals surface area contributed by atoms with Crippen LogP contribution >= 0.6 is 0 Å². The standard InChI is InChI=1S/C23H33NO6/c1-13(2)29-21(26)17-12-23(5,28)20(25)19(22(27)30-14(3)4)18(17)15-8-10-16(11-9-15)24(6)7/h8-11,13-14,17-19,28H,12H2,1-7H3/t17-,18+,19+,23-/m0/s1. The number of anilines is 1. The van der Waals surface area contributed by atoms with Crippen molar-refractivity contribution in [2.75, 3.05) is 19.0 Å². The second-order valence-corrected chi connectivity index (χ2v) is 8.91. The number of carbonyl (C=O) groups excluding carboxylic acids is 3. The van der Waals surface area contributed by atoms with Crippen LogP contribution in [0, 0.1) is 11.8 Å². The van der Waals surface area contributed by atoms with Gasteiger partial charge in [0.25, 0.3) is 0 Å². The molecule has 166 valence electrons. The summed E-state index contributed by atoms with van der Waals surface area (Å²) in [5.74, 6) is -4.86. The number of carbonyl (C=O) groups is 3. The molecular weight excluding hydrogens is 386 g/mol. The predicted octanol–water partition coefficient (Wildman–Crippen LogP) is 2.70. The van der Waals surface area contributed by atoms with Crippen molar-refractivity contribution in [2.24, 2.45) is 11.8 Å². The Bertz CT molecular complexity index is 781. The van der Waals surface area contributed by atoms with Gasteiger partial charge in [0.1, 0.15) is 11.5 Å². The van der Waals surface area contributed by atoms with Gasteiger partial charge >= 0.3 is 11.9 Å². The summed E-state index contributed by atoms with van der Waals surface area (Å²) >= 11 is 0. The van der Waals surface area contributed by atoms with Crippen molar-refractivity contribution in [1.29, 1.82) is 0 Å². The van der Waals surface area contributed by atoms with Crippen LogP contribution in [-0.4, -0.2) is 54.7 Å². The monoisotopic (exact) mass is 419 g/mol. The van der Waals surface area contributed by atoms with Gasteiger partial charge in [-0.25, -0.2) is 0 Å². The fourth-order valence-electron chi connectivity index (χ4n) is 3.91. The highest BCUT2D eigenvalue weighted by Crippen LogP contribution is 2.45. The molecule has 0 heterocycles. The molecule has 1 aliphatic carbocycles. The number of Topliss-reactive ketones (excluding diaryl/α,β-unsaturated/α-hetero) is 1. The minimum atomic E-state index is -1.83. The largest absolute Gasteiger partial charge is 0.463 e. The molecule has 30 heavy (non-hydrogen) atoms. The number of ether oxygens (including phenoxy) is 2. The van der Waals surface area contributed by atoms with Crippen molar-refractivity contribution < 1.29 is 29.0 Å². The Kier molecular flexibility index (Phi) is 7.29. The van der Waals surface area contributed by atoms with Gasteiger partial charge in [0.2, 0.25) is 0 Å². The second-order valence-electron chi connectivity index (χ2n) is 8.91. The summed E-state index contributed by atoms with van der Waals surface area (Å²) in [6.45, 7) is 8.18. The number of rotatable bonds is 6. The Morgan fingerprint density at radius 2 is 1.53 bits per heavy atom. The SMILES string of the molecule is CC(C)OC(=O)[C@H]1C(=O)[C@@](C)(O)C[C@H](C(=O)OC(C)C)[C@H]1c1ccc(N(C)C)cc1. The van der Waals surface area contributed by atoms with Gasteiger partial charge in [-0.15, -0.1) is 0 Å². The molecule has 1 fully saturated rings. The first-order valence-electron chi connectivity index (χ1n) is 10.3. The van der Waals surface area contributed by atoms with E-state index in [0.717, 1.165) is 5.69 Å². The molecule has 0 saturated heterocycles. The lowest BCUT2D eigenvalue weighted by atomic mass is 9.63. The molecule has 0 radical (unpaired) electrons. The van der Waals surface area contributed by atoms with Crippen LogP contribution in [0.3, 0.4) is 0 Å². The van der Waals surface area contributed by atoms with Gasteiger partial charge in [0.05, 0.1) is 18.1 Å². The van der Waals surface area contributed by atoms with E-state index in [1.165, 1.54) is 6.92 Å². The minimum absolute atomic E-state index is 0.122. The highest BCUT2D eigenvalue weighted by molar-refractivity contribution is 6.06. The maximum Gasteiger partial charge on any atom is 0.317 e. The molecule has 1 aromatic rings. The molecule has 2 rings (SSSR count). The number of hydrogen-bond donors (Lipinski definition) is 1. The third-order valence-electron chi connectivity index (χ3n) is 5.28. The molecule has 1 aliphatic rings. The average molecular weight is 420 g/mol. The molecule has 4 atom stereocenters. The number of esters is 2. The van der Waals surface area contributed by atoms with Crippen LogP contribution in [0.25, 0.3) is 0 Å². The fraction of sp³-hybridized carbons (Fsp3) is 0.609. The van der Waals surface area contributed by atoms with Crippen LogP contribution in [0.15, 0.2) is 24.3 Å². The number of nitrogens with zero attached hydrogens (tertiary/aromatic N) is 1. The molecule has 1 saturated carbocycles. The Morgan fingerprint density at radius 1 is 1.03 bits per heavy atom. The number of ketones is 1. The van der Waals surface area contributed by atoms with E-state index < -0.39 is 47.2 Å². The molecule has 0 aliphatic heterocycles. The van der Waals surface area contributed by atoms with Crippen LogP contribution in [-0.2, 0) is 23.9 Å². The van der Waals surface area contributed by atoms with E-state index in [9.17, 15) is 19.5 Å². The smallest absolute Gasteiger partial charge is 0.317 e. The summed E-state index contributed by atoms with van der Waals surface area (Å²) in [5.41, 5.74) is -0.238. The van der Waals surface area contributed by atoms with E-state index >= 15 is 0 Å². The van der Waals surface area contributed by atoms with Gasteiger partial charge in [-0.1, -0.05) is 12.1 Å². The van der Waals surface area contributed by atoms with Gasteiger partial charge in [-0.3, -0.25) is 14.4 Å².